The van der Waals surface area contributed by atoms with E-state index in [9.17, 15) is 4.79 Å². The van der Waals surface area contributed by atoms with Gasteiger partial charge in [0.1, 0.15) is 0 Å². The Morgan fingerprint density at radius 3 is 3.00 bits per heavy atom. The maximum atomic E-state index is 10.5. The molecule has 0 atom stereocenters. The van der Waals surface area contributed by atoms with Crippen molar-refractivity contribution in [3.05, 3.63) is 29.3 Å². The molecule has 4 nitrogen and oxygen atoms in total. The second-order valence-electron chi connectivity index (χ2n) is 3.90. The molecule has 4 heteroatoms. The summed E-state index contributed by atoms with van der Waals surface area (Å²) in [7, 11) is 2.09. The summed E-state index contributed by atoms with van der Waals surface area (Å²) in [5.74, 6) is 0. The molecule has 1 aliphatic rings. The Morgan fingerprint density at radius 2 is 2.27 bits per heavy atom. The van der Waals surface area contributed by atoms with E-state index in [0.29, 0.717) is 5.69 Å². The minimum atomic E-state index is -1.01. The fourth-order valence-corrected chi connectivity index (χ4v) is 1.90. The Morgan fingerprint density at radius 1 is 1.47 bits per heavy atom. The van der Waals surface area contributed by atoms with Crippen LogP contribution >= 0.6 is 0 Å². The smallest absolute Gasteiger partial charge is 0.409 e. The predicted octanol–water partition coefficient (Wildman–Crippen LogP) is 1.76. The Hall–Kier alpha value is -1.55. The van der Waals surface area contributed by atoms with Gasteiger partial charge >= 0.3 is 6.09 Å². The van der Waals surface area contributed by atoms with Crippen LogP contribution in [0.1, 0.15) is 11.1 Å². The zero-order valence-electron chi connectivity index (χ0n) is 8.66. The van der Waals surface area contributed by atoms with Crippen LogP contribution in [-0.2, 0) is 13.0 Å². The van der Waals surface area contributed by atoms with Gasteiger partial charge in [0.05, 0.1) is 0 Å². The SMILES string of the molecule is CN1CCc2cc(NC(=O)O)ccc2C1. The number of likely N-dealkylation sites (N-methyl/N-ethyl adjacent to an activating group) is 1. The maximum Gasteiger partial charge on any atom is 0.409 e. The normalized spacial score (nSPS) is 15.8. The van der Waals surface area contributed by atoms with Gasteiger partial charge in [-0.15, -0.1) is 0 Å². The minimum Gasteiger partial charge on any atom is -0.465 e. The molecule has 1 amide bonds. The molecule has 0 fully saturated rings. The predicted molar refractivity (Wildman–Crippen MR) is 58.1 cm³/mol. The van der Waals surface area contributed by atoms with E-state index in [0.717, 1.165) is 19.5 Å². The highest BCUT2D eigenvalue weighted by Gasteiger charge is 2.13. The summed E-state index contributed by atoms with van der Waals surface area (Å²) in [5.41, 5.74) is 3.20. The molecule has 0 saturated heterocycles. The molecule has 0 aromatic heterocycles. The average molecular weight is 206 g/mol. The van der Waals surface area contributed by atoms with Gasteiger partial charge < -0.3 is 10.0 Å². The van der Waals surface area contributed by atoms with Crippen molar-refractivity contribution in [2.24, 2.45) is 0 Å². The van der Waals surface area contributed by atoms with Gasteiger partial charge in [-0.05, 0) is 36.7 Å². The first kappa shape index (κ1) is 9.98. The molecule has 0 spiro atoms. The van der Waals surface area contributed by atoms with Crippen LogP contribution in [0.2, 0.25) is 0 Å². The number of amides is 1. The van der Waals surface area contributed by atoms with Crippen molar-refractivity contribution in [3.63, 3.8) is 0 Å². The van der Waals surface area contributed by atoms with Gasteiger partial charge in [0.2, 0.25) is 0 Å². The van der Waals surface area contributed by atoms with Crippen molar-refractivity contribution in [1.29, 1.82) is 0 Å². The first-order chi connectivity index (χ1) is 7.15. The fraction of sp³-hybridized carbons (Fsp3) is 0.364. The third kappa shape index (κ3) is 2.27. The lowest BCUT2D eigenvalue weighted by Crippen LogP contribution is -2.26. The highest BCUT2D eigenvalue weighted by molar-refractivity contribution is 5.83. The van der Waals surface area contributed by atoms with Crippen molar-refractivity contribution in [2.45, 2.75) is 13.0 Å². The number of hydrogen-bond donors (Lipinski definition) is 2. The molecule has 80 valence electrons. The zero-order valence-corrected chi connectivity index (χ0v) is 8.66. The number of anilines is 1. The number of carbonyl (C=O) groups is 1. The van der Waals surface area contributed by atoms with Gasteiger partial charge in [-0.1, -0.05) is 6.07 Å². The van der Waals surface area contributed by atoms with Gasteiger partial charge in [-0.25, -0.2) is 4.79 Å². The third-order valence-corrected chi connectivity index (χ3v) is 2.66. The average Bonchev–Trinajstić information content (AvgIpc) is 2.17. The summed E-state index contributed by atoms with van der Waals surface area (Å²) in [6, 6.07) is 5.73. The number of nitrogens with one attached hydrogen (secondary N) is 1. The lowest BCUT2D eigenvalue weighted by Gasteiger charge is -2.25. The zero-order chi connectivity index (χ0) is 10.8. The van der Waals surface area contributed by atoms with Crippen LogP contribution in [0.3, 0.4) is 0 Å². The molecule has 0 saturated carbocycles. The van der Waals surface area contributed by atoms with Crippen LogP contribution in [0.5, 0.6) is 0 Å². The van der Waals surface area contributed by atoms with Crippen LogP contribution in [-0.4, -0.2) is 29.7 Å². The second-order valence-corrected chi connectivity index (χ2v) is 3.90. The highest BCUT2D eigenvalue weighted by atomic mass is 16.4. The molecule has 2 rings (SSSR count). The van der Waals surface area contributed by atoms with E-state index in [-0.39, 0.29) is 0 Å². The first-order valence-corrected chi connectivity index (χ1v) is 4.95. The maximum absolute atomic E-state index is 10.5. The quantitative estimate of drug-likeness (QED) is 0.736. The molecule has 1 heterocycles. The van der Waals surface area contributed by atoms with Gasteiger partial charge in [0, 0.05) is 18.8 Å². The van der Waals surface area contributed by atoms with Gasteiger partial charge in [0.25, 0.3) is 0 Å². The number of fused-ring (bicyclic) bond motifs is 1. The van der Waals surface area contributed by atoms with Crippen LogP contribution in [0.15, 0.2) is 18.2 Å². The lowest BCUT2D eigenvalue weighted by atomic mass is 9.99. The largest absolute Gasteiger partial charge is 0.465 e. The van der Waals surface area contributed by atoms with E-state index in [2.05, 4.69) is 17.3 Å². The van der Waals surface area contributed by atoms with Crippen LogP contribution in [0, 0.1) is 0 Å². The molecule has 0 unspecified atom stereocenters. The van der Waals surface area contributed by atoms with Crippen molar-refractivity contribution in [2.75, 3.05) is 18.9 Å². The standard InChI is InChI=1S/C11H14N2O2/c1-13-5-4-8-6-10(12-11(14)15)3-2-9(8)7-13/h2-3,6,12H,4-5,7H2,1H3,(H,14,15). The van der Waals surface area contributed by atoms with Gasteiger partial charge in [0.15, 0.2) is 0 Å². The summed E-state index contributed by atoms with van der Waals surface area (Å²) in [4.78, 5) is 12.7. The number of nitrogens with zero attached hydrogens (tertiary/aromatic N) is 1. The first-order valence-electron chi connectivity index (χ1n) is 4.95. The molecule has 15 heavy (non-hydrogen) atoms. The number of carboxylic acid groups (broad SMARTS) is 1. The van der Waals surface area contributed by atoms with Crippen molar-refractivity contribution in [1.82, 2.24) is 4.90 Å². The highest BCUT2D eigenvalue weighted by Crippen LogP contribution is 2.21. The van der Waals surface area contributed by atoms with Crippen LogP contribution < -0.4 is 5.32 Å². The van der Waals surface area contributed by atoms with Crippen molar-refractivity contribution in [3.8, 4) is 0 Å². The lowest BCUT2D eigenvalue weighted by molar-refractivity contribution is 0.209. The second kappa shape index (κ2) is 3.90. The van der Waals surface area contributed by atoms with Crippen LogP contribution in [0.25, 0.3) is 0 Å². The number of rotatable bonds is 1. The van der Waals surface area contributed by atoms with Crippen molar-refractivity contribution < 1.29 is 9.90 Å². The minimum absolute atomic E-state index is 0.658. The van der Waals surface area contributed by atoms with E-state index in [1.54, 1.807) is 0 Å². The van der Waals surface area contributed by atoms with Gasteiger partial charge in [-0.3, -0.25) is 5.32 Å². The molecule has 0 aliphatic carbocycles. The molecule has 1 aromatic rings. The topological polar surface area (TPSA) is 52.6 Å². The van der Waals surface area contributed by atoms with E-state index >= 15 is 0 Å². The summed E-state index contributed by atoms with van der Waals surface area (Å²) in [6.45, 7) is 1.98. The molecule has 0 bridgehead atoms. The molecule has 1 aliphatic heterocycles. The van der Waals surface area contributed by atoms with Gasteiger partial charge in [-0.2, -0.15) is 0 Å². The molecular weight excluding hydrogens is 192 g/mol. The summed E-state index contributed by atoms with van der Waals surface area (Å²) < 4.78 is 0. The monoisotopic (exact) mass is 206 g/mol. The summed E-state index contributed by atoms with van der Waals surface area (Å²) in [6.07, 6.45) is -0.0241. The van der Waals surface area contributed by atoms with Crippen molar-refractivity contribution >= 4 is 11.8 Å². The van der Waals surface area contributed by atoms with E-state index < -0.39 is 6.09 Å². The Kier molecular flexibility index (Phi) is 2.60. The number of benzene rings is 1. The number of hydrogen-bond acceptors (Lipinski definition) is 2. The summed E-state index contributed by atoms with van der Waals surface area (Å²) in [5, 5.41) is 11.0. The van der Waals surface area contributed by atoms with Crippen LogP contribution in [0.4, 0.5) is 10.5 Å². The Labute approximate surface area is 88.5 Å². The molecular formula is C11H14N2O2. The fourth-order valence-electron chi connectivity index (χ4n) is 1.90. The molecule has 0 radical (unpaired) electrons. The van der Waals surface area contributed by atoms with E-state index in [1.165, 1.54) is 11.1 Å². The molecule has 2 N–H and O–H groups in total. The Bertz CT molecular complexity index is 390. The van der Waals surface area contributed by atoms with E-state index in [1.807, 2.05) is 18.2 Å². The summed E-state index contributed by atoms with van der Waals surface area (Å²) >= 11 is 0. The molecule has 1 aromatic carbocycles. The Balaban J connectivity index is 2.23. The van der Waals surface area contributed by atoms with E-state index in [4.69, 9.17) is 5.11 Å². The third-order valence-electron chi connectivity index (χ3n) is 2.66.